The van der Waals surface area contributed by atoms with E-state index in [-0.39, 0.29) is 15.7 Å². The molecule has 0 aliphatic carbocycles. The van der Waals surface area contributed by atoms with Gasteiger partial charge in [0.1, 0.15) is 28.6 Å². The topological polar surface area (TPSA) is 106 Å². The highest BCUT2D eigenvalue weighted by Gasteiger charge is 2.20. The van der Waals surface area contributed by atoms with E-state index in [2.05, 4.69) is 24.9 Å². The average molecular weight is 461 g/mol. The summed E-state index contributed by atoms with van der Waals surface area (Å²) in [6, 6.07) is 10.1. The van der Waals surface area contributed by atoms with E-state index in [1.807, 2.05) is 13.0 Å². The molecule has 5 rings (SSSR count). The lowest BCUT2D eigenvalue weighted by atomic mass is 10.2. The average Bonchev–Trinajstić information content (AvgIpc) is 3.37. The van der Waals surface area contributed by atoms with Gasteiger partial charge in [-0.3, -0.25) is 0 Å². The minimum atomic E-state index is -3.69. The van der Waals surface area contributed by atoms with Gasteiger partial charge in [-0.2, -0.15) is 0 Å². The maximum atomic E-state index is 12.6. The molecule has 1 aromatic carbocycles. The van der Waals surface area contributed by atoms with Gasteiger partial charge in [0.25, 0.3) is 10.0 Å². The smallest absolute Gasteiger partial charge is 0.269 e. The standard InChI is InChI=1S/C13H10ClN3O2S.C6H4ClN3/c1-9-2-4-10(5-3-9)20(18,19)17-7-6-11-12(14)15-8-16-13(11)17;7-5-4-1-2-8-6(4)10-3-9-5/h2-8H,1H3;1-3H,(H,8,9,10). The van der Waals surface area contributed by atoms with Crippen LogP contribution in [0.1, 0.15) is 5.56 Å². The van der Waals surface area contributed by atoms with Gasteiger partial charge in [0.2, 0.25) is 0 Å². The SMILES string of the molecule is Cc1ccc(S(=O)(=O)n2ccc3c(Cl)ncnc32)cc1.Clc1ncnc2[nH]ccc12. The summed E-state index contributed by atoms with van der Waals surface area (Å²) in [6.07, 6.45) is 5.89. The molecule has 4 aromatic heterocycles. The van der Waals surface area contributed by atoms with Crippen LogP contribution in [0, 0.1) is 6.92 Å². The van der Waals surface area contributed by atoms with Gasteiger partial charge in [0.05, 0.1) is 15.7 Å². The molecule has 5 aromatic rings. The number of rotatable bonds is 2. The van der Waals surface area contributed by atoms with E-state index in [9.17, 15) is 8.42 Å². The zero-order valence-corrected chi connectivity index (χ0v) is 17.8. The van der Waals surface area contributed by atoms with Gasteiger partial charge in [0.15, 0.2) is 5.65 Å². The minimum Gasteiger partial charge on any atom is -0.346 e. The molecular formula is C19H14Cl2N6O2S. The molecule has 0 atom stereocenters. The minimum absolute atomic E-state index is 0.204. The Balaban J connectivity index is 0.000000181. The maximum Gasteiger partial charge on any atom is 0.269 e. The first kappa shape index (κ1) is 20.3. The first-order chi connectivity index (χ1) is 14.4. The lowest BCUT2D eigenvalue weighted by molar-refractivity contribution is 0.588. The molecule has 0 aliphatic heterocycles. The number of nitrogens with zero attached hydrogens (tertiary/aromatic N) is 5. The lowest BCUT2D eigenvalue weighted by Crippen LogP contribution is -2.12. The lowest BCUT2D eigenvalue weighted by Gasteiger charge is -2.07. The van der Waals surface area contributed by atoms with Crippen molar-refractivity contribution >= 4 is 55.3 Å². The fourth-order valence-corrected chi connectivity index (χ4v) is 4.44. The number of aromatic amines is 1. The van der Waals surface area contributed by atoms with Gasteiger partial charge in [-0.25, -0.2) is 32.3 Å². The van der Waals surface area contributed by atoms with Gasteiger partial charge in [-0.15, -0.1) is 0 Å². The Labute approximate surface area is 181 Å². The summed E-state index contributed by atoms with van der Waals surface area (Å²) in [5.41, 5.74) is 2.04. The van der Waals surface area contributed by atoms with Crippen molar-refractivity contribution in [3.05, 3.63) is 77.3 Å². The quantitative estimate of drug-likeness (QED) is 0.394. The highest BCUT2D eigenvalue weighted by Crippen LogP contribution is 2.24. The van der Waals surface area contributed by atoms with E-state index in [0.717, 1.165) is 20.6 Å². The Morgan fingerprint density at radius 1 is 0.867 bits per heavy atom. The van der Waals surface area contributed by atoms with Crippen molar-refractivity contribution in [2.45, 2.75) is 11.8 Å². The molecule has 0 bridgehead atoms. The summed E-state index contributed by atoms with van der Waals surface area (Å²) in [7, 11) is -3.69. The monoisotopic (exact) mass is 460 g/mol. The van der Waals surface area contributed by atoms with Crippen LogP contribution in [-0.2, 0) is 10.0 Å². The van der Waals surface area contributed by atoms with Crippen molar-refractivity contribution in [2.75, 3.05) is 0 Å². The molecule has 0 aliphatic rings. The highest BCUT2D eigenvalue weighted by atomic mass is 35.5. The molecule has 0 saturated carbocycles. The molecule has 0 saturated heterocycles. The van der Waals surface area contributed by atoms with Gasteiger partial charge < -0.3 is 4.98 Å². The number of nitrogens with one attached hydrogen (secondary N) is 1. The van der Waals surface area contributed by atoms with Crippen LogP contribution in [0.4, 0.5) is 0 Å². The van der Waals surface area contributed by atoms with Gasteiger partial charge in [-0.1, -0.05) is 40.9 Å². The van der Waals surface area contributed by atoms with E-state index in [0.29, 0.717) is 10.5 Å². The van der Waals surface area contributed by atoms with E-state index in [1.54, 1.807) is 36.5 Å². The van der Waals surface area contributed by atoms with Crippen molar-refractivity contribution in [3.8, 4) is 0 Å². The second kappa shape index (κ2) is 8.02. The number of hydrogen-bond acceptors (Lipinski definition) is 6. The van der Waals surface area contributed by atoms with Crippen LogP contribution in [0.15, 0.2) is 66.3 Å². The summed E-state index contributed by atoms with van der Waals surface area (Å²) in [5, 5.41) is 2.09. The van der Waals surface area contributed by atoms with Crippen LogP contribution >= 0.6 is 23.2 Å². The maximum absolute atomic E-state index is 12.6. The van der Waals surface area contributed by atoms with Crippen LogP contribution in [0.3, 0.4) is 0 Å². The first-order valence-corrected chi connectivity index (χ1v) is 10.8. The van der Waals surface area contributed by atoms with E-state index in [4.69, 9.17) is 23.2 Å². The second-order valence-electron chi connectivity index (χ2n) is 6.24. The summed E-state index contributed by atoms with van der Waals surface area (Å²) in [6.45, 7) is 1.90. The second-order valence-corrected chi connectivity index (χ2v) is 8.77. The van der Waals surface area contributed by atoms with E-state index in [1.165, 1.54) is 18.9 Å². The van der Waals surface area contributed by atoms with E-state index >= 15 is 0 Å². The van der Waals surface area contributed by atoms with Crippen LogP contribution in [0.2, 0.25) is 10.3 Å². The molecule has 0 spiro atoms. The molecule has 1 N–H and O–H groups in total. The molecule has 8 nitrogen and oxygen atoms in total. The summed E-state index contributed by atoms with van der Waals surface area (Å²) in [4.78, 5) is 18.7. The number of aromatic nitrogens is 6. The van der Waals surface area contributed by atoms with Crippen LogP contribution in [-0.4, -0.2) is 37.3 Å². The Hall–Kier alpha value is -3.01. The zero-order valence-electron chi connectivity index (χ0n) is 15.5. The van der Waals surface area contributed by atoms with Crippen molar-refractivity contribution < 1.29 is 8.42 Å². The molecular weight excluding hydrogens is 447 g/mol. The van der Waals surface area contributed by atoms with Crippen molar-refractivity contribution in [1.82, 2.24) is 28.9 Å². The Morgan fingerprint density at radius 2 is 1.53 bits per heavy atom. The van der Waals surface area contributed by atoms with Gasteiger partial charge >= 0.3 is 0 Å². The molecule has 30 heavy (non-hydrogen) atoms. The molecule has 11 heteroatoms. The third-order valence-electron chi connectivity index (χ3n) is 4.28. The number of H-pyrrole nitrogens is 1. The number of benzene rings is 1. The Bertz CT molecular complexity index is 1450. The Morgan fingerprint density at radius 3 is 2.23 bits per heavy atom. The van der Waals surface area contributed by atoms with Crippen LogP contribution in [0.25, 0.3) is 22.1 Å². The molecule has 0 amide bonds. The summed E-state index contributed by atoms with van der Waals surface area (Å²) in [5.74, 6) is 0. The molecule has 0 fully saturated rings. The number of aryl methyl sites for hydroxylation is 1. The third-order valence-corrected chi connectivity index (χ3v) is 6.57. The fraction of sp³-hybridized carbons (Fsp3) is 0.0526. The first-order valence-electron chi connectivity index (χ1n) is 8.61. The molecule has 0 unspecified atom stereocenters. The normalized spacial score (nSPS) is 11.4. The number of halogens is 2. The number of hydrogen-bond donors (Lipinski definition) is 1. The van der Waals surface area contributed by atoms with Crippen molar-refractivity contribution in [2.24, 2.45) is 0 Å². The van der Waals surface area contributed by atoms with Crippen molar-refractivity contribution in [1.29, 1.82) is 0 Å². The van der Waals surface area contributed by atoms with Crippen LogP contribution < -0.4 is 0 Å². The van der Waals surface area contributed by atoms with Crippen molar-refractivity contribution in [3.63, 3.8) is 0 Å². The predicted octanol–water partition coefficient (Wildman–Crippen LogP) is 4.24. The molecule has 4 heterocycles. The zero-order chi connectivity index (χ0) is 21.3. The third kappa shape index (κ3) is 3.74. The van der Waals surface area contributed by atoms with Crippen LogP contribution in [0.5, 0.6) is 0 Å². The highest BCUT2D eigenvalue weighted by molar-refractivity contribution is 7.90. The van der Waals surface area contributed by atoms with Gasteiger partial charge in [0, 0.05) is 12.4 Å². The molecule has 152 valence electrons. The summed E-state index contributed by atoms with van der Waals surface area (Å²) < 4.78 is 26.3. The summed E-state index contributed by atoms with van der Waals surface area (Å²) >= 11 is 11.7. The predicted molar refractivity (Wildman–Crippen MR) is 115 cm³/mol. The molecule has 0 radical (unpaired) electrons. The largest absolute Gasteiger partial charge is 0.346 e. The van der Waals surface area contributed by atoms with Gasteiger partial charge in [-0.05, 0) is 31.2 Å². The number of fused-ring (bicyclic) bond motifs is 2. The Kier molecular flexibility index (Phi) is 5.42. The fourth-order valence-electron chi connectivity index (χ4n) is 2.76. The van der Waals surface area contributed by atoms with E-state index < -0.39 is 10.0 Å².